The van der Waals surface area contributed by atoms with Crippen LogP contribution in [-0.4, -0.2) is 53.3 Å². The lowest BCUT2D eigenvalue weighted by Gasteiger charge is -2.39. The molecular formula is C15H24N2O4. The Balaban J connectivity index is 1.56. The van der Waals surface area contributed by atoms with Gasteiger partial charge in [0.15, 0.2) is 0 Å². The molecule has 3 aliphatic heterocycles. The zero-order chi connectivity index (χ0) is 14.8. The molecule has 6 nitrogen and oxygen atoms in total. The fourth-order valence-electron chi connectivity index (χ4n) is 4.14. The number of piperidine rings is 1. The summed E-state index contributed by atoms with van der Waals surface area (Å²) in [6.07, 6.45) is 5.90. The number of hydrogen-bond acceptors (Lipinski definition) is 3. The lowest BCUT2D eigenvalue weighted by atomic mass is 9.88. The van der Waals surface area contributed by atoms with Crippen LogP contribution in [0.1, 0.15) is 44.9 Å². The van der Waals surface area contributed by atoms with Gasteiger partial charge in [-0.05, 0) is 44.4 Å². The molecule has 2 bridgehead atoms. The third-order valence-corrected chi connectivity index (χ3v) is 5.02. The van der Waals surface area contributed by atoms with Crippen LogP contribution in [0.4, 0.5) is 4.79 Å². The zero-order valence-electron chi connectivity index (χ0n) is 12.3. The number of carboxylic acids is 1. The fourth-order valence-corrected chi connectivity index (χ4v) is 4.14. The molecular weight excluding hydrogens is 272 g/mol. The van der Waals surface area contributed by atoms with Gasteiger partial charge in [0, 0.05) is 25.1 Å². The predicted molar refractivity (Wildman–Crippen MR) is 76.0 cm³/mol. The Bertz CT molecular complexity index is 394. The maximum absolute atomic E-state index is 12.5. The molecule has 6 heteroatoms. The molecule has 2 N–H and O–H groups in total. The van der Waals surface area contributed by atoms with Crippen LogP contribution in [-0.2, 0) is 9.53 Å². The van der Waals surface area contributed by atoms with E-state index in [4.69, 9.17) is 9.84 Å². The summed E-state index contributed by atoms with van der Waals surface area (Å²) in [4.78, 5) is 25.4. The van der Waals surface area contributed by atoms with Crippen molar-refractivity contribution in [1.29, 1.82) is 0 Å². The van der Waals surface area contributed by atoms with Crippen molar-refractivity contribution in [3.05, 3.63) is 0 Å². The van der Waals surface area contributed by atoms with Crippen molar-refractivity contribution in [2.24, 2.45) is 5.92 Å². The number of nitrogens with zero attached hydrogens (tertiary/aromatic N) is 1. The monoisotopic (exact) mass is 296 g/mol. The molecule has 3 aliphatic rings. The first-order valence-electron chi connectivity index (χ1n) is 8.02. The van der Waals surface area contributed by atoms with Crippen molar-refractivity contribution in [2.45, 2.75) is 63.1 Å². The summed E-state index contributed by atoms with van der Waals surface area (Å²) in [5, 5.41) is 12.0. The molecule has 3 fully saturated rings. The number of carbonyl (C=O) groups excluding carboxylic acids is 1. The Hall–Kier alpha value is -1.30. The van der Waals surface area contributed by atoms with Crippen molar-refractivity contribution >= 4 is 12.0 Å². The SMILES string of the molecule is O=C(O)CC1CC2CCC(C1)N2C(=O)NC1CCCOC1. The molecule has 3 saturated heterocycles. The van der Waals surface area contributed by atoms with E-state index in [1.165, 1.54) is 0 Å². The van der Waals surface area contributed by atoms with E-state index in [0.717, 1.165) is 45.1 Å². The number of ether oxygens (including phenoxy) is 1. The highest BCUT2D eigenvalue weighted by atomic mass is 16.5. The number of aliphatic carboxylic acids is 1. The number of fused-ring (bicyclic) bond motifs is 2. The van der Waals surface area contributed by atoms with E-state index in [-0.39, 0.29) is 36.5 Å². The third kappa shape index (κ3) is 3.31. The van der Waals surface area contributed by atoms with Gasteiger partial charge in [0.1, 0.15) is 0 Å². The van der Waals surface area contributed by atoms with E-state index in [2.05, 4.69) is 5.32 Å². The molecule has 3 rings (SSSR count). The quantitative estimate of drug-likeness (QED) is 0.829. The summed E-state index contributed by atoms with van der Waals surface area (Å²) in [5.41, 5.74) is 0. The summed E-state index contributed by atoms with van der Waals surface area (Å²) >= 11 is 0. The summed E-state index contributed by atoms with van der Waals surface area (Å²) < 4.78 is 5.40. The van der Waals surface area contributed by atoms with Crippen molar-refractivity contribution in [3.63, 3.8) is 0 Å². The molecule has 0 aromatic rings. The van der Waals surface area contributed by atoms with Gasteiger partial charge in [0.2, 0.25) is 0 Å². The van der Waals surface area contributed by atoms with E-state index >= 15 is 0 Å². The Morgan fingerprint density at radius 2 is 1.90 bits per heavy atom. The van der Waals surface area contributed by atoms with Crippen LogP contribution in [0.3, 0.4) is 0 Å². The molecule has 3 heterocycles. The number of amides is 2. The van der Waals surface area contributed by atoms with Crippen molar-refractivity contribution in [3.8, 4) is 0 Å². The largest absolute Gasteiger partial charge is 0.481 e. The van der Waals surface area contributed by atoms with Crippen LogP contribution in [0.2, 0.25) is 0 Å². The molecule has 118 valence electrons. The van der Waals surface area contributed by atoms with Gasteiger partial charge >= 0.3 is 12.0 Å². The Kier molecular flexibility index (Phi) is 4.33. The van der Waals surface area contributed by atoms with E-state index in [1.807, 2.05) is 4.90 Å². The highest BCUT2D eigenvalue weighted by molar-refractivity contribution is 5.76. The lowest BCUT2D eigenvalue weighted by Crippen LogP contribution is -2.54. The zero-order valence-corrected chi connectivity index (χ0v) is 12.3. The van der Waals surface area contributed by atoms with E-state index < -0.39 is 5.97 Å². The second-order valence-corrected chi connectivity index (χ2v) is 6.59. The topological polar surface area (TPSA) is 78.9 Å². The molecule has 0 spiro atoms. The molecule has 2 amide bonds. The van der Waals surface area contributed by atoms with Crippen LogP contribution in [0.15, 0.2) is 0 Å². The molecule has 0 saturated carbocycles. The van der Waals surface area contributed by atoms with Crippen molar-refractivity contribution < 1.29 is 19.4 Å². The molecule has 0 aromatic heterocycles. The highest BCUT2D eigenvalue weighted by Crippen LogP contribution is 2.39. The van der Waals surface area contributed by atoms with Gasteiger partial charge in [-0.1, -0.05) is 0 Å². The highest BCUT2D eigenvalue weighted by Gasteiger charge is 2.43. The number of rotatable bonds is 3. The van der Waals surface area contributed by atoms with Gasteiger partial charge in [-0.25, -0.2) is 4.79 Å². The third-order valence-electron chi connectivity index (χ3n) is 5.02. The van der Waals surface area contributed by atoms with Crippen LogP contribution in [0.5, 0.6) is 0 Å². The Morgan fingerprint density at radius 1 is 1.19 bits per heavy atom. The Morgan fingerprint density at radius 3 is 2.48 bits per heavy atom. The molecule has 0 radical (unpaired) electrons. The van der Waals surface area contributed by atoms with Crippen molar-refractivity contribution in [1.82, 2.24) is 10.2 Å². The fraction of sp³-hybridized carbons (Fsp3) is 0.867. The Labute approximate surface area is 124 Å². The second-order valence-electron chi connectivity index (χ2n) is 6.59. The molecule has 3 atom stereocenters. The van der Waals surface area contributed by atoms with Crippen LogP contribution in [0, 0.1) is 5.92 Å². The summed E-state index contributed by atoms with van der Waals surface area (Å²) in [5.74, 6) is -0.501. The standard InChI is InChI=1S/C15H24N2O4/c18-14(19)8-10-6-12-3-4-13(7-10)17(12)15(20)16-11-2-1-5-21-9-11/h10-13H,1-9H2,(H,16,20)(H,18,19). The van der Waals surface area contributed by atoms with Crippen LogP contribution in [0.25, 0.3) is 0 Å². The van der Waals surface area contributed by atoms with E-state index in [1.54, 1.807) is 0 Å². The van der Waals surface area contributed by atoms with Gasteiger partial charge in [0.05, 0.1) is 12.6 Å². The summed E-state index contributed by atoms with van der Waals surface area (Å²) in [7, 11) is 0. The minimum absolute atomic E-state index is 0.0202. The molecule has 0 aromatic carbocycles. The van der Waals surface area contributed by atoms with E-state index in [0.29, 0.717) is 6.61 Å². The predicted octanol–water partition coefficient (Wildman–Crippen LogP) is 1.59. The average molecular weight is 296 g/mol. The van der Waals surface area contributed by atoms with Gasteiger partial charge < -0.3 is 20.1 Å². The van der Waals surface area contributed by atoms with Crippen LogP contribution < -0.4 is 5.32 Å². The number of carbonyl (C=O) groups is 2. The average Bonchev–Trinajstić information content (AvgIpc) is 2.71. The minimum Gasteiger partial charge on any atom is -0.481 e. The number of carboxylic acid groups (broad SMARTS) is 1. The molecule has 0 aliphatic carbocycles. The second kappa shape index (κ2) is 6.22. The maximum atomic E-state index is 12.5. The smallest absolute Gasteiger partial charge is 0.318 e. The van der Waals surface area contributed by atoms with Crippen molar-refractivity contribution in [2.75, 3.05) is 13.2 Å². The maximum Gasteiger partial charge on any atom is 0.318 e. The van der Waals surface area contributed by atoms with Gasteiger partial charge in [-0.3, -0.25) is 4.79 Å². The van der Waals surface area contributed by atoms with Gasteiger partial charge in [0.25, 0.3) is 0 Å². The summed E-state index contributed by atoms with van der Waals surface area (Å²) in [6, 6.07) is 0.587. The lowest BCUT2D eigenvalue weighted by molar-refractivity contribution is -0.138. The van der Waals surface area contributed by atoms with Gasteiger partial charge in [-0.15, -0.1) is 0 Å². The van der Waals surface area contributed by atoms with Gasteiger partial charge in [-0.2, -0.15) is 0 Å². The minimum atomic E-state index is -0.725. The first kappa shape index (κ1) is 14.6. The number of nitrogens with one attached hydrogen (secondary N) is 1. The normalized spacial score (nSPS) is 35.5. The first-order chi connectivity index (χ1) is 10.1. The van der Waals surface area contributed by atoms with Crippen LogP contribution >= 0.6 is 0 Å². The molecule has 21 heavy (non-hydrogen) atoms. The first-order valence-corrected chi connectivity index (χ1v) is 8.02. The summed E-state index contributed by atoms with van der Waals surface area (Å²) in [6.45, 7) is 1.40. The number of hydrogen-bond donors (Lipinski definition) is 2. The number of urea groups is 1. The molecule has 3 unspecified atom stereocenters. The van der Waals surface area contributed by atoms with E-state index in [9.17, 15) is 9.59 Å².